The summed E-state index contributed by atoms with van der Waals surface area (Å²) in [4.78, 5) is 26.5. The number of carbonyl (C=O) groups excluding carboxylic acids is 2. The van der Waals surface area contributed by atoms with Crippen molar-refractivity contribution in [1.29, 1.82) is 0 Å². The molecule has 1 aromatic rings. The van der Waals surface area contributed by atoms with Crippen molar-refractivity contribution < 1.29 is 9.59 Å². The molecule has 3 atom stereocenters. The van der Waals surface area contributed by atoms with Crippen LogP contribution in [0.2, 0.25) is 0 Å². The van der Waals surface area contributed by atoms with Crippen LogP contribution in [0.4, 0.5) is 0 Å². The number of carbonyl (C=O) groups is 2. The van der Waals surface area contributed by atoms with Crippen molar-refractivity contribution in [2.75, 3.05) is 0 Å². The summed E-state index contributed by atoms with van der Waals surface area (Å²) in [6.07, 6.45) is 5.70. The number of nitrogens with two attached hydrogens (primary N) is 1. The van der Waals surface area contributed by atoms with E-state index in [4.69, 9.17) is 5.73 Å². The van der Waals surface area contributed by atoms with Gasteiger partial charge in [0.1, 0.15) is 6.04 Å². The van der Waals surface area contributed by atoms with E-state index in [1.54, 1.807) is 4.90 Å². The van der Waals surface area contributed by atoms with Crippen LogP contribution in [0.1, 0.15) is 43.2 Å². The Morgan fingerprint density at radius 1 is 1.12 bits per heavy atom. The minimum atomic E-state index is -0.508. The Morgan fingerprint density at radius 3 is 2.46 bits per heavy atom. The Bertz CT molecular complexity index is 648. The monoisotopic (exact) mass is 327 g/mol. The van der Waals surface area contributed by atoms with Gasteiger partial charge in [0.15, 0.2) is 0 Å². The maximum atomic E-state index is 12.9. The Balaban J connectivity index is 1.49. The smallest absolute Gasteiger partial charge is 0.240 e. The van der Waals surface area contributed by atoms with Gasteiger partial charge < -0.3 is 16.0 Å². The molecular formula is C19H25N3O2. The Hall–Kier alpha value is -1.88. The molecule has 24 heavy (non-hydrogen) atoms. The molecule has 128 valence electrons. The number of hydrogen-bond acceptors (Lipinski definition) is 3. The fraction of sp³-hybridized carbons (Fsp3) is 0.579. The van der Waals surface area contributed by atoms with E-state index in [0.717, 1.165) is 24.0 Å². The third kappa shape index (κ3) is 2.93. The van der Waals surface area contributed by atoms with Crippen molar-refractivity contribution in [3.63, 3.8) is 0 Å². The molecule has 0 aromatic heterocycles. The van der Waals surface area contributed by atoms with Crippen LogP contribution >= 0.6 is 0 Å². The molecule has 0 saturated carbocycles. The van der Waals surface area contributed by atoms with Gasteiger partial charge in [-0.05, 0) is 42.7 Å². The number of fused-ring (bicyclic) bond motifs is 3. The quantitative estimate of drug-likeness (QED) is 0.880. The third-order valence-corrected chi connectivity index (χ3v) is 5.93. The van der Waals surface area contributed by atoms with E-state index >= 15 is 0 Å². The Labute approximate surface area is 142 Å². The molecule has 0 radical (unpaired) electrons. The predicted molar refractivity (Wildman–Crippen MR) is 91.0 cm³/mol. The van der Waals surface area contributed by atoms with E-state index in [1.165, 1.54) is 12.8 Å². The van der Waals surface area contributed by atoms with E-state index in [0.29, 0.717) is 37.4 Å². The molecule has 3 aliphatic rings. The topological polar surface area (TPSA) is 75.4 Å². The molecule has 3 aliphatic heterocycles. The predicted octanol–water partition coefficient (Wildman–Crippen LogP) is 1.35. The lowest BCUT2D eigenvalue weighted by molar-refractivity contribution is -0.141. The highest BCUT2D eigenvalue weighted by Gasteiger charge is 2.37. The van der Waals surface area contributed by atoms with Gasteiger partial charge in [-0.25, -0.2) is 0 Å². The first-order valence-electron chi connectivity index (χ1n) is 9.01. The van der Waals surface area contributed by atoms with Crippen molar-refractivity contribution in [3.8, 4) is 0 Å². The second kappa shape index (κ2) is 6.20. The van der Waals surface area contributed by atoms with Crippen LogP contribution in [0.3, 0.4) is 0 Å². The van der Waals surface area contributed by atoms with Gasteiger partial charge in [0, 0.05) is 31.5 Å². The lowest BCUT2D eigenvalue weighted by Gasteiger charge is -2.37. The first-order valence-corrected chi connectivity index (χ1v) is 9.01. The number of amides is 2. The molecule has 0 spiro atoms. The van der Waals surface area contributed by atoms with E-state index in [2.05, 4.69) is 5.32 Å². The van der Waals surface area contributed by atoms with Crippen molar-refractivity contribution in [1.82, 2.24) is 10.2 Å². The SMILES string of the molecule is NC(=O)C1Cc2ccccc2CN1C(=O)CC1CC2CCC(C1)N2. The summed E-state index contributed by atoms with van der Waals surface area (Å²) in [6.45, 7) is 0.500. The summed E-state index contributed by atoms with van der Waals surface area (Å²) >= 11 is 0. The lowest BCUT2D eigenvalue weighted by Crippen LogP contribution is -2.51. The molecule has 3 N–H and O–H groups in total. The zero-order valence-electron chi connectivity index (χ0n) is 13.9. The number of rotatable bonds is 3. The average Bonchev–Trinajstić information content (AvgIpc) is 2.92. The van der Waals surface area contributed by atoms with Crippen molar-refractivity contribution in [2.24, 2.45) is 11.7 Å². The minimum Gasteiger partial charge on any atom is -0.368 e. The number of nitrogens with zero attached hydrogens (tertiary/aromatic N) is 1. The van der Waals surface area contributed by atoms with Gasteiger partial charge in [0.05, 0.1) is 0 Å². The van der Waals surface area contributed by atoms with Crippen LogP contribution in [-0.2, 0) is 22.6 Å². The number of hydrogen-bond donors (Lipinski definition) is 2. The number of benzene rings is 1. The van der Waals surface area contributed by atoms with Crippen LogP contribution in [0.15, 0.2) is 24.3 Å². The average molecular weight is 327 g/mol. The maximum absolute atomic E-state index is 12.9. The second-order valence-electron chi connectivity index (χ2n) is 7.59. The molecule has 3 heterocycles. The second-order valence-corrected chi connectivity index (χ2v) is 7.59. The highest BCUT2D eigenvalue weighted by molar-refractivity contribution is 5.87. The zero-order chi connectivity index (χ0) is 16.7. The van der Waals surface area contributed by atoms with Crippen LogP contribution in [0, 0.1) is 5.92 Å². The van der Waals surface area contributed by atoms with E-state index < -0.39 is 11.9 Å². The normalized spacial score (nSPS) is 31.6. The van der Waals surface area contributed by atoms with Gasteiger partial charge in [-0.2, -0.15) is 0 Å². The van der Waals surface area contributed by atoms with E-state index in [1.807, 2.05) is 24.3 Å². The third-order valence-electron chi connectivity index (χ3n) is 5.93. The van der Waals surface area contributed by atoms with Crippen molar-refractivity contribution in [3.05, 3.63) is 35.4 Å². The summed E-state index contributed by atoms with van der Waals surface area (Å²) in [6, 6.07) is 8.67. The van der Waals surface area contributed by atoms with Gasteiger partial charge in [0.2, 0.25) is 11.8 Å². The standard InChI is InChI=1S/C19H25N3O2/c20-19(24)17-10-13-3-1-2-4-14(13)11-22(17)18(23)9-12-7-15-5-6-16(8-12)21-15/h1-4,12,15-17,21H,5-11H2,(H2,20,24). The lowest BCUT2D eigenvalue weighted by atomic mass is 9.88. The summed E-state index contributed by atoms with van der Waals surface area (Å²) in [5.74, 6) is 0.116. The highest BCUT2D eigenvalue weighted by atomic mass is 16.2. The Kier molecular flexibility index (Phi) is 4.04. The van der Waals surface area contributed by atoms with Crippen LogP contribution in [-0.4, -0.2) is 34.8 Å². The van der Waals surface area contributed by atoms with Gasteiger partial charge in [-0.3, -0.25) is 9.59 Å². The van der Waals surface area contributed by atoms with Crippen LogP contribution < -0.4 is 11.1 Å². The molecular weight excluding hydrogens is 302 g/mol. The summed E-state index contributed by atoms with van der Waals surface area (Å²) < 4.78 is 0. The van der Waals surface area contributed by atoms with Gasteiger partial charge >= 0.3 is 0 Å². The molecule has 1 aromatic carbocycles. The molecule has 4 rings (SSSR count). The maximum Gasteiger partial charge on any atom is 0.240 e. The molecule has 5 heteroatoms. The fourth-order valence-corrected chi connectivity index (χ4v) is 4.75. The number of primary amides is 1. The fourth-order valence-electron chi connectivity index (χ4n) is 4.75. The first kappa shape index (κ1) is 15.6. The first-order chi connectivity index (χ1) is 11.6. The number of piperidine rings is 1. The minimum absolute atomic E-state index is 0.0830. The molecule has 3 unspecified atom stereocenters. The molecule has 2 fully saturated rings. The summed E-state index contributed by atoms with van der Waals surface area (Å²) in [5.41, 5.74) is 7.86. The van der Waals surface area contributed by atoms with E-state index in [9.17, 15) is 9.59 Å². The Morgan fingerprint density at radius 2 is 1.79 bits per heavy atom. The van der Waals surface area contributed by atoms with Gasteiger partial charge in [-0.15, -0.1) is 0 Å². The van der Waals surface area contributed by atoms with Gasteiger partial charge in [0.25, 0.3) is 0 Å². The van der Waals surface area contributed by atoms with Crippen molar-refractivity contribution in [2.45, 2.75) is 63.2 Å². The molecule has 5 nitrogen and oxygen atoms in total. The summed E-state index contributed by atoms with van der Waals surface area (Å²) in [5, 5.41) is 3.61. The van der Waals surface area contributed by atoms with Crippen LogP contribution in [0.25, 0.3) is 0 Å². The zero-order valence-corrected chi connectivity index (χ0v) is 13.9. The molecule has 0 aliphatic carbocycles. The summed E-state index contributed by atoms with van der Waals surface area (Å²) in [7, 11) is 0. The van der Waals surface area contributed by atoms with E-state index in [-0.39, 0.29) is 5.91 Å². The number of nitrogens with one attached hydrogen (secondary N) is 1. The highest BCUT2D eigenvalue weighted by Crippen LogP contribution is 2.34. The molecule has 2 bridgehead atoms. The molecule has 2 amide bonds. The largest absolute Gasteiger partial charge is 0.368 e. The van der Waals surface area contributed by atoms with Crippen molar-refractivity contribution >= 4 is 11.8 Å². The van der Waals surface area contributed by atoms with Crippen LogP contribution in [0.5, 0.6) is 0 Å². The van der Waals surface area contributed by atoms with Gasteiger partial charge in [-0.1, -0.05) is 24.3 Å². The molecule has 2 saturated heterocycles.